The van der Waals surface area contributed by atoms with Crippen molar-refractivity contribution < 1.29 is 29.1 Å². The molecule has 38 heavy (non-hydrogen) atoms. The Balaban J connectivity index is 1.68. The summed E-state index contributed by atoms with van der Waals surface area (Å²) in [6.45, 7) is 0. The van der Waals surface area contributed by atoms with Gasteiger partial charge in [-0.25, -0.2) is 0 Å². The van der Waals surface area contributed by atoms with Gasteiger partial charge in [0.25, 0.3) is 0 Å². The molecule has 0 aliphatic carbocycles. The number of hydrogen-bond acceptors (Lipinski definition) is 0. The van der Waals surface area contributed by atoms with Crippen LogP contribution in [0.2, 0.25) is 0 Å². The summed E-state index contributed by atoms with van der Waals surface area (Å²) in [5, 5.41) is 0. The van der Waals surface area contributed by atoms with Crippen molar-refractivity contribution in [1.29, 1.82) is 0 Å². The molecular weight excluding hydrogens is 577 g/mol. The van der Waals surface area contributed by atoms with Gasteiger partial charge in [0, 0.05) is 0 Å². The maximum absolute atomic E-state index is 3.54. The molecular formula is C34H28IN3+2. The van der Waals surface area contributed by atoms with E-state index in [1.54, 1.807) is 0 Å². The zero-order valence-electron chi connectivity index (χ0n) is 21.2. The van der Waals surface area contributed by atoms with E-state index in [0.717, 1.165) is 0 Å². The molecule has 184 valence electrons. The minimum atomic E-state index is -3.54. The van der Waals surface area contributed by atoms with Crippen molar-refractivity contribution >= 4 is 0 Å². The SMILES string of the molecule is C[n+]1ccccc1-c1ccccc1[I-]1([n+]2ccccc2-c2ccccc2)c2ccccc2-c2cccc[n+]21. The molecule has 1 aliphatic heterocycles. The molecule has 0 N–H and O–H groups in total. The van der Waals surface area contributed by atoms with Crippen LogP contribution in [0, 0.1) is 7.14 Å². The van der Waals surface area contributed by atoms with Gasteiger partial charge in [0.2, 0.25) is 0 Å². The van der Waals surface area contributed by atoms with Gasteiger partial charge < -0.3 is 0 Å². The minimum absolute atomic E-state index is 1.21. The van der Waals surface area contributed by atoms with Gasteiger partial charge >= 0.3 is 229 Å². The Morgan fingerprint density at radius 1 is 0.421 bits per heavy atom. The van der Waals surface area contributed by atoms with Crippen LogP contribution < -0.4 is 29.1 Å². The predicted molar refractivity (Wildman–Crippen MR) is 145 cm³/mol. The quantitative estimate of drug-likeness (QED) is 0.216. The third-order valence-corrected chi connectivity index (χ3v) is 17.0. The number of pyridine rings is 3. The maximum atomic E-state index is 2.64. The third-order valence-electron chi connectivity index (χ3n) is 7.14. The Labute approximate surface area is 228 Å². The second-order valence-electron chi connectivity index (χ2n) is 9.32. The van der Waals surface area contributed by atoms with Gasteiger partial charge in [-0.3, -0.25) is 0 Å². The number of rotatable bonds is 4. The van der Waals surface area contributed by atoms with E-state index in [9.17, 15) is 0 Å². The number of aryl methyl sites for hydroxylation is 1. The summed E-state index contributed by atoms with van der Waals surface area (Å²) in [6, 6.07) is 48.6. The molecule has 3 aromatic carbocycles. The molecule has 0 amide bonds. The first-order valence-electron chi connectivity index (χ1n) is 12.8. The first-order valence-corrected chi connectivity index (χ1v) is 16.9. The van der Waals surface area contributed by atoms with E-state index in [-0.39, 0.29) is 0 Å². The average molecular weight is 606 g/mol. The van der Waals surface area contributed by atoms with Crippen molar-refractivity contribution in [2.45, 2.75) is 0 Å². The molecule has 7 rings (SSSR count). The fraction of sp³-hybridized carbons (Fsp3) is 0.0294. The molecule has 6 aromatic rings. The van der Waals surface area contributed by atoms with E-state index in [2.05, 4.69) is 169 Å². The second-order valence-corrected chi connectivity index (χ2v) is 16.6. The molecule has 0 saturated heterocycles. The van der Waals surface area contributed by atoms with E-state index < -0.39 is 19.0 Å². The Kier molecular flexibility index (Phi) is 5.63. The number of aromatic nitrogens is 3. The van der Waals surface area contributed by atoms with E-state index >= 15 is 0 Å². The number of benzene rings is 3. The van der Waals surface area contributed by atoms with Crippen molar-refractivity contribution in [3.63, 3.8) is 0 Å². The van der Waals surface area contributed by atoms with Crippen LogP contribution in [0.5, 0.6) is 0 Å². The van der Waals surface area contributed by atoms with Crippen LogP contribution in [0.4, 0.5) is 0 Å². The van der Waals surface area contributed by atoms with E-state index in [1.807, 2.05) is 0 Å². The molecule has 1 aliphatic rings. The number of halogens is 1. The van der Waals surface area contributed by atoms with Crippen LogP contribution in [0.15, 0.2) is 152 Å². The van der Waals surface area contributed by atoms with Crippen molar-refractivity contribution in [3.05, 3.63) is 159 Å². The molecule has 3 aromatic heterocycles. The molecule has 1 atom stereocenters. The average Bonchev–Trinajstić information content (AvgIpc) is 3.29. The van der Waals surface area contributed by atoms with Gasteiger partial charge in [-0.15, -0.1) is 0 Å². The molecule has 0 fully saturated rings. The molecule has 0 saturated carbocycles. The summed E-state index contributed by atoms with van der Waals surface area (Å²) in [4.78, 5) is 0. The van der Waals surface area contributed by atoms with Gasteiger partial charge in [0.05, 0.1) is 0 Å². The third kappa shape index (κ3) is 3.37. The first-order chi connectivity index (χ1) is 18.8. The van der Waals surface area contributed by atoms with Crippen LogP contribution in [-0.2, 0) is 7.05 Å². The monoisotopic (exact) mass is 605 g/mol. The molecule has 3 nitrogen and oxygen atoms in total. The summed E-state index contributed by atoms with van der Waals surface area (Å²) >= 11 is -3.54. The van der Waals surface area contributed by atoms with E-state index in [0.29, 0.717) is 0 Å². The van der Waals surface area contributed by atoms with Gasteiger partial charge in [0.15, 0.2) is 0 Å². The number of hydrogen-bond donors (Lipinski definition) is 0. The normalized spacial score (nSPS) is 17.3. The first kappa shape index (κ1) is 23.0. The fourth-order valence-electron chi connectivity index (χ4n) is 5.50. The summed E-state index contributed by atoms with van der Waals surface area (Å²) in [5.41, 5.74) is 7.55. The Morgan fingerprint density at radius 2 is 0.895 bits per heavy atom. The molecule has 4 heteroatoms. The Morgan fingerprint density at radius 3 is 1.55 bits per heavy atom. The van der Waals surface area contributed by atoms with Crippen LogP contribution >= 0.6 is 0 Å². The van der Waals surface area contributed by atoms with Crippen LogP contribution in [0.1, 0.15) is 0 Å². The van der Waals surface area contributed by atoms with Crippen LogP contribution in [0.25, 0.3) is 33.8 Å². The van der Waals surface area contributed by atoms with Crippen molar-refractivity contribution in [1.82, 2.24) is 0 Å². The van der Waals surface area contributed by atoms with Gasteiger partial charge in [-0.05, 0) is 0 Å². The van der Waals surface area contributed by atoms with Crippen molar-refractivity contribution in [3.8, 4) is 33.8 Å². The fourth-order valence-corrected chi connectivity index (χ4v) is 16.5. The van der Waals surface area contributed by atoms with Gasteiger partial charge in [0.1, 0.15) is 0 Å². The molecule has 0 spiro atoms. The standard InChI is InChI=1S/C34H28IN3/c1-36-24-12-9-22-33(36)28-17-5-7-19-30(28)35(37-25-13-10-21-32(37)27-15-3-2-4-16-27)31-20-8-6-18-29(31)34-23-11-14-26-38(34)35/h2-26H,1H3/q+2. The molecule has 0 radical (unpaired) electrons. The number of nitrogens with zero attached hydrogens (tertiary/aromatic N) is 3. The Hall–Kier alpha value is -4.16. The summed E-state index contributed by atoms with van der Waals surface area (Å²) in [5.74, 6) is 0. The molecule has 1 unspecified atom stereocenters. The van der Waals surface area contributed by atoms with Crippen molar-refractivity contribution in [2.24, 2.45) is 7.05 Å². The number of fused-ring (bicyclic) bond motifs is 3. The van der Waals surface area contributed by atoms with Crippen LogP contribution in [-0.4, -0.2) is 0 Å². The van der Waals surface area contributed by atoms with Crippen LogP contribution in [0.3, 0.4) is 0 Å². The summed E-state index contributed by atoms with van der Waals surface area (Å²) in [6.07, 6.45) is 6.76. The predicted octanol–water partition coefficient (Wildman–Crippen LogP) is 2.53. The van der Waals surface area contributed by atoms with Gasteiger partial charge in [-0.1, -0.05) is 0 Å². The second kappa shape index (κ2) is 9.30. The topological polar surface area (TPSA) is 11.6 Å². The van der Waals surface area contributed by atoms with Crippen molar-refractivity contribution in [2.75, 3.05) is 0 Å². The molecule has 0 bridgehead atoms. The zero-order valence-corrected chi connectivity index (χ0v) is 23.3. The van der Waals surface area contributed by atoms with E-state index in [1.165, 1.54) is 40.9 Å². The Bertz CT molecular complexity index is 1750. The zero-order chi connectivity index (χ0) is 25.5. The summed E-state index contributed by atoms with van der Waals surface area (Å²) < 4.78 is 10.3. The van der Waals surface area contributed by atoms with Gasteiger partial charge in [-0.2, -0.15) is 0 Å². The van der Waals surface area contributed by atoms with E-state index in [4.69, 9.17) is 0 Å². The molecule has 4 heterocycles. The summed E-state index contributed by atoms with van der Waals surface area (Å²) in [7, 11) is 2.14.